The van der Waals surface area contributed by atoms with Crippen LogP contribution in [0.15, 0.2) is 24.3 Å². The second kappa shape index (κ2) is 14.0. The van der Waals surface area contributed by atoms with Gasteiger partial charge in [0.2, 0.25) is 0 Å². The molecule has 218 valence electrons. The number of unbranched alkanes of at least 4 members (excludes halogenated alkanes) is 2. The number of esters is 4. The van der Waals surface area contributed by atoms with Crippen LogP contribution in [0.3, 0.4) is 0 Å². The molecule has 2 aliphatic heterocycles. The lowest BCUT2D eigenvalue weighted by molar-refractivity contribution is -0.286. The number of amides is 2. The Balaban J connectivity index is 1.94. The molecule has 13 heteroatoms. The average Bonchev–Trinajstić information content (AvgIpc) is 3.15. The van der Waals surface area contributed by atoms with Crippen LogP contribution in [0.4, 0.5) is 0 Å². The van der Waals surface area contributed by atoms with Gasteiger partial charge >= 0.3 is 23.9 Å². The van der Waals surface area contributed by atoms with E-state index in [2.05, 4.69) is 4.74 Å². The smallest absolute Gasteiger partial charge is 0.305 e. The van der Waals surface area contributed by atoms with Crippen molar-refractivity contribution in [2.24, 2.45) is 0 Å². The summed E-state index contributed by atoms with van der Waals surface area (Å²) in [6.07, 6.45) is -3.42. The maximum Gasteiger partial charge on any atom is 0.305 e. The Bertz CT molecular complexity index is 1100. The fourth-order valence-electron chi connectivity index (χ4n) is 4.62. The summed E-state index contributed by atoms with van der Waals surface area (Å²) >= 11 is 0. The third kappa shape index (κ3) is 7.42. The number of fused-ring (bicyclic) bond motifs is 1. The van der Waals surface area contributed by atoms with Crippen molar-refractivity contribution in [1.82, 2.24) is 4.90 Å². The molecule has 1 saturated heterocycles. The molecule has 40 heavy (non-hydrogen) atoms. The topological polar surface area (TPSA) is 161 Å². The van der Waals surface area contributed by atoms with Gasteiger partial charge in [0.1, 0.15) is 18.8 Å². The van der Waals surface area contributed by atoms with Crippen molar-refractivity contribution < 1.29 is 57.2 Å². The average molecular weight is 564 g/mol. The molecule has 0 unspecified atom stereocenters. The first kappa shape index (κ1) is 30.7. The molecule has 0 aliphatic carbocycles. The lowest BCUT2D eigenvalue weighted by Gasteiger charge is -2.47. The minimum Gasteiger partial charge on any atom is -0.469 e. The molecule has 1 fully saturated rings. The highest BCUT2D eigenvalue weighted by atomic mass is 16.7. The predicted molar refractivity (Wildman–Crippen MR) is 134 cm³/mol. The molecule has 2 aliphatic rings. The monoisotopic (exact) mass is 563 g/mol. The van der Waals surface area contributed by atoms with Gasteiger partial charge in [0.15, 0.2) is 18.5 Å². The Morgan fingerprint density at radius 1 is 0.850 bits per heavy atom. The first-order chi connectivity index (χ1) is 19.0. The summed E-state index contributed by atoms with van der Waals surface area (Å²) in [7, 11) is 1.31. The van der Waals surface area contributed by atoms with E-state index in [0.717, 1.165) is 18.7 Å². The molecule has 2 amide bonds. The van der Waals surface area contributed by atoms with Gasteiger partial charge in [-0.2, -0.15) is 0 Å². The number of methoxy groups -OCH3 is 1. The molecule has 0 saturated carbocycles. The van der Waals surface area contributed by atoms with Crippen molar-refractivity contribution >= 4 is 35.7 Å². The summed E-state index contributed by atoms with van der Waals surface area (Å²) in [6, 6.07) is 4.83. The Morgan fingerprint density at radius 2 is 1.45 bits per heavy atom. The standard InChI is InChI=1S/C27H33NO12/c1-15(29)37-14-20-23(38-16(2)30)24(39-17(3)31)22(27(40-20)36-13-9-5-6-12-21(32)35-4)28-25(33)18-10-7-8-11-19(18)26(28)34/h7-8,10-11,20,22-24,27H,5-6,9,12-14H2,1-4H3/t20-,22-,23-,24-,27-/m1/s1. The summed E-state index contributed by atoms with van der Waals surface area (Å²) in [5.41, 5.74) is 0.281. The van der Waals surface area contributed by atoms with E-state index in [-0.39, 0.29) is 30.1 Å². The number of ether oxygens (including phenoxy) is 6. The second-order valence-corrected chi connectivity index (χ2v) is 9.27. The summed E-state index contributed by atoms with van der Waals surface area (Å²) in [5.74, 6) is -3.85. The zero-order valence-corrected chi connectivity index (χ0v) is 22.8. The van der Waals surface area contributed by atoms with Gasteiger partial charge in [0.25, 0.3) is 11.8 Å². The molecule has 2 heterocycles. The van der Waals surface area contributed by atoms with Crippen molar-refractivity contribution in [3.8, 4) is 0 Å². The fourth-order valence-corrected chi connectivity index (χ4v) is 4.62. The predicted octanol–water partition coefficient (Wildman–Crippen LogP) is 1.55. The van der Waals surface area contributed by atoms with Crippen molar-refractivity contribution in [2.75, 3.05) is 20.3 Å². The van der Waals surface area contributed by atoms with E-state index in [1.807, 2.05) is 0 Å². The molecule has 1 aromatic rings. The molecule has 0 N–H and O–H groups in total. The van der Waals surface area contributed by atoms with Gasteiger partial charge in [-0.3, -0.25) is 33.7 Å². The number of hydrogen-bond donors (Lipinski definition) is 0. The Morgan fingerprint density at radius 3 is 2.00 bits per heavy atom. The van der Waals surface area contributed by atoms with Gasteiger partial charge in [0.05, 0.1) is 18.2 Å². The molecule has 1 aromatic carbocycles. The highest BCUT2D eigenvalue weighted by Crippen LogP contribution is 2.35. The van der Waals surface area contributed by atoms with E-state index in [0.29, 0.717) is 19.3 Å². The fraction of sp³-hybridized carbons (Fsp3) is 0.556. The molecule has 5 atom stereocenters. The van der Waals surface area contributed by atoms with Gasteiger partial charge in [-0.1, -0.05) is 18.6 Å². The van der Waals surface area contributed by atoms with Crippen molar-refractivity contribution in [3.05, 3.63) is 35.4 Å². The van der Waals surface area contributed by atoms with E-state index < -0.39 is 67.0 Å². The summed E-state index contributed by atoms with van der Waals surface area (Å²) in [4.78, 5) is 75.0. The number of nitrogens with zero attached hydrogens (tertiary/aromatic N) is 1. The third-order valence-corrected chi connectivity index (χ3v) is 6.33. The zero-order chi connectivity index (χ0) is 29.4. The normalized spacial score (nSPS) is 23.8. The van der Waals surface area contributed by atoms with Gasteiger partial charge in [0, 0.05) is 33.8 Å². The third-order valence-electron chi connectivity index (χ3n) is 6.33. The highest BCUT2D eigenvalue weighted by molar-refractivity contribution is 6.21. The minimum absolute atomic E-state index is 0.0802. The van der Waals surface area contributed by atoms with Crippen LogP contribution in [0.25, 0.3) is 0 Å². The van der Waals surface area contributed by atoms with Crippen molar-refractivity contribution in [1.29, 1.82) is 0 Å². The lowest BCUT2D eigenvalue weighted by atomic mass is 9.94. The molecule has 0 bridgehead atoms. The van der Waals surface area contributed by atoms with E-state index in [1.54, 1.807) is 12.1 Å². The summed E-state index contributed by atoms with van der Waals surface area (Å²) in [5, 5.41) is 0. The van der Waals surface area contributed by atoms with Crippen LogP contribution in [-0.2, 0) is 47.6 Å². The number of carbonyl (C=O) groups excluding carboxylic acids is 6. The molecule has 13 nitrogen and oxygen atoms in total. The summed E-state index contributed by atoms with van der Waals surface area (Å²) < 4.78 is 32.8. The van der Waals surface area contributed by atoms with Crippen LogP contribution in [0.5, 0.6) is 0 Å². The van der Waals surface area contributed by atoms with Crippen LogP contribution in [-0.4, -0.2) is 91.6 Å². The molecule has 0 aromatic heterocycles. The molecule has 0 spiro atoms. The largest absolute Gasteiger partial charge is 0.469 e. The van der Waals surface area contributed by atoms with Crippen LogP contribution in [0.1, 0.15) is 67.2 Å². The second-order valence-electron chi connectivity index (χ2n) is 9.27. The van der Waals surface area contributed by atoms with E-state index >= 15 is 0 Å². The SMILES string of the molecule is COC(=O)CCCCCO[C@@H]1O[C@H](COC(C)=O)[C@@H](OC(C)=O)[C@H](OC(C)=O)[C@H]1N1C(=O)c2ccccc2C1=O. The molecule has 3 rings (SSSR count). The quantitative estimate of drug-likeness (QED) is 0.156. The van der Waals surface area contributed by atoms with Crippen LogP contribution >= 0.6 is 0 Å². The number of benzene rings is 1. The van der Waals surface area contributed by atoms with E-state index in [9.17, 15) is 28.8 Å². The Hall–Kier alpha value is -3.84. The van der Waals surface area contributed by atoms with Gasteiger partial charge < -0.3 is 28.4 Å². The Labute approximate surface area is 230 Å². The maximum absolute atomic E-state index is 13.4. The maximum atomic E-state index is 13.4. The van der Waals surface area contributed by atoms with Crippen molar-refractivity contribution in [2.45, 2.75) is 77.1 Å². The van der Waals surface area contributed by atoms with E-state index in [4.69, 9.17) is 23.7 Å². The number of carbonyl (C=O) groups is 6. The van der Waals surface area contributed by atoms with Gasteiger partial charge in [-0.25, -0.2) is 0 Å². The van der Waals surface area contributed by atoms with Crippen LogP contribution < -0.4 is 0 Å². The zero-order valence-electron chi connectivity index (χ0n) is 22.8. The van der Waals surface area contributed by atoms with Gasteiger partial charge in [-0.15, -0.1) is 0 Å². The van der Waals surface area contributed by atoms with Gasteiger partial charge in [-0.05, 0) is 25.0 Å². The Kier molecular flexibility index (Phi) is 10.7. The van der Waals surface area contributed by atoms with Crippen molar-refractivity contribution in [3.63, 3.8) is 0 Å². The summed E-state index contributed by atoms with van der Waals surface area (Å²) in [6.45, 7) is 3.12. The number of imide groups is 1. The molecule has 0 radical (unpaired) electrons. The van der Waals surface area contributed by atoms with Crippen LogP contribution in [0, 0.1) is 0 Å². The molecular weight excluding hydrogens is 530 g/mol. The van der Waals surface area contributed by atoms with E-state index in [1.165, 1.54) is 26.2 Å². The highest BCUT2D eigenvalue weighted by Gasteiger charge is 2.57. The first-order valence-electron chi connectivity index (χ1n) is 12.8. The number of rotatable bonds is 12. The minimum atomic E-state index is -1.41. The number of hydrogen-bond acceptors (Lipinski definition) is 12. The van der Waals surface area contributed by atoms with Crippen LogP contribution in [0.2, 0.25) is 0 Å². The molecular formula is C27H33NO12. The lowest BCUT2D eigenvalue weighted by Crippen LogP contribution is -2.67. The first-order valence-corrected chi connectivity index (χ1v) is 12.8.